The summed E-state index contributed by atoms with van der Waals surface area (Å²) in [4.78, 5) is 27.6. The van der Waals surface area contributed by atoms with Crippen LogP contribution in [0.5, 0.6) is 0 Å². The summed E-state index contributed by atoms with van der Waals surface area (Å²) in [5.74, 6) is 5.55. The maximum Gasteiger partial charge on any atom is 0.323 e. The summed E-state index contributed by atoms with van der Waals surface area (Å²) in [7, 11) is 2.59. The van der Waals surface area contributed by atoms with E-state index in [-0.39, 0.29) is 12.8 Å². The molecule has 2 heterocycles. The summed E-state index contributed by atoms with van der Waals surface area (Å²) in [6.45, 7) is 0. The van der Waals surface area contributed by atoms with Gasteiger partial charge in [-0.05, 0) is 76.4 Å². The molecule has 0 spiro atoms. The van der Waals surface area contributed by atoms with E-state index in [0.29, 0.717) is 15.6 Å². The first kappa shape index (κ1) is 32.1. The molecule has 5 nitrogen and oxygen atoms in total. The van der Waals surface area contributed by atoms with Gasteiger partial charge in [-0.15, -0.1) is 0 Å². The van der Waals surface area contributed by atoms with Gasteiger partial charge in [-0.25, -0.2) is 0 Å². The van der Waals surface area contributed by atoms with Gasteiger partial charge in [0.25, 0.3) is 0 Å². The second-order valence-corrected chi connectivity index (χ2v) is 13.7. The van der Waals surface area contributed by atoms with Crippen molar-refractivity contribution in [3.05, 3.63) is 176 Å². The monoisotopic (exact) mass is 696 g/mol. The van der Waals surface area contributed by atoms with Crippen LogP contribution in [0.15, 0.2) is 121 Å². The number of esters is 2. The first-order valence-corrected chi connectivity index (χ1v) is 17.0. The highest BCUT2D eigenvalue weighted by molar-refractivity contribution is 6.30. The van der Waals surface area contributed by atoms with Gasteiger partial charge in [0.05, 0.1) is 14.2 Å². The van der Waals surface area contributed by atoms with Crippen molar-refractivity contribution >= 4 is 35.1 Å². The molecule has 0 amide bonds. The fraction of sp³-hybridized carbons (Fsp3) is 0.163. The van der Waals surface area contributed by atoms with Crippen molar-refractivity contribution in [1.29, 1.82) is 0 Å². The Balaban J connectivity index is 1.55. The summed E-state index contributed by atoms with van der Waals surface area (Å²) in [6.07, 6.45) is 4.33. The van der Waals surface area contributed by atoms with Crippen LogP contribution in [-0.2, 0) is 47.8 Å². The number of methoxy groups -OCH3 is 2. The molecule has 2 unspecified atom stereocenters. The number of hydrogen-bond donors (Lipinski definition) is 0. The topological polar surface area (TPSA) is 61.8 Å². The fourth-order valence-corrected chi connectivity index (χ4v) is 8.21. The van der Waals surface area contributed by atoms with E-state index in [9.17, 15) is 9.59 Å². The van der Waals surface area contributed by atoms with E-state index in [0.717, 1.165) is 50.1 Å². The molecule has 3 aliphatic rings. The maximum absolute atomic E-state index is 13.8. The fourth-order valence-electron chi connectivity index (χ4n) is 7.96. The van der Waals surface area contributed by atoms with Crippen LogP contribution in [-0.4, -0.2) is 26.2 Å². The van der Waals surface area contributed by atoms with Crippen molar-refractivity contribution in [3.8, 4) is 23.0 Å². The van der Waals surface area contributed by atoms with Crippen molar-refractivity contribution in [1.82, 2.24) is 0 Å². The predicted molar refractivity (Wildman–Crippen MR) is 193 cm³/mol. The molecule has 50 heavy (non-hydrogen) atoms. The number of hydrogen-bond acceptors (Lipinski definition) is 5. The summed E-state index contributed by atoms with van der Waals surface area (Å²) in [5, 5.41) is 1.19. The summed E-state index contributed by atoms with van der Waals surface area (Å²) in [6, 6.07) is 35.1. The quantitative estimate of drug-likeness (QED) is 0.0798. The SMILES string of the molecule is COC(=O)C1(C(=O)OC)Cc2c(C#Cc3ccc(Cl)cc3)c(-c3ccc(Cl)cc3)c3c(c2C1)C1(c2ccccc2)C=CC3(c2ccccc2)O1. The van der Waals surface area contributed by atoms with Crippen LogP contribution in [0.1, 0.15) is 44.5 Å². The number of benzene rings is 5. The first-order chi connectivity index (χ1) is 24.3. The van der Waals surface area contributed by atoms with Crippen LogP contribution in [0.4, 0.5) is 0 Å². The average Bonchev–Trinajstić information content (AvgIpc) is 3.85. The first-order valence-electron chi connectivity index (χ1n) is 16.2. The molecule has 2 aliphatic heterocycles. The third-order valence-electron chi connectivity index (χ3n) is 10.2. The lowest BCUT2D eigenvalue weighted by molar-refractivity contribution is -0.168. The Labute approximate surface area is 300 Å². The van der Waals surface area contributed by atoms with Gasteiger partial charge in [0.15, 0.2) is 5.41 Å². The molecule has 2 bridgehead atoms. The highest BCUT2D eigenvalue weighted by Gasteiger charge is 2.63. The van der Waals surface area contributed by atoms with E-state index in [1.54, 1.807) is 12.1 Å². The van der Waals surface area contributed by atoms with Gasteiger partial charge in [0.1, 0.15) is 11.2 Å². The molecule has 0 aromatic heterocycles. The zero-order chi connectivity index (χ0) is 34.7. The maximum atomic E-state index is 13.8. The van der Waals surface area contributed by atoms with Gasteiger partial charge >= 0.3 is 11.9 Å². The number of rotatable bonds is 5. The second kappa shape index (κ2) is 12.0. The van der Waals surface area contributed by atoms with Crippen molar-refractivity contribution in [3.63, 3.8) is 0 Å². The van der Waals surface area contributed by atoms with Crippen molar-refractivity contribution < 1.29 is 23.8 Å². The van der Waals surface area contributed by atoms with E-state index >= 15 is 0 Å². The number of halogens is 2. The average molecular weight is 698 g/mol. The molecule has 0 radical (unpaired) electrons. The van der Waals surface area contributed by atoms with Crippen LogP contribution < -0.4 is 0 Å². The van der Waals surface area contributed by atoms with Gasteiger partial charge < -0.3 is 14.2 Å². The van der Waals surface area contributed by atoms with Crippen LogP contribution >= 0.6 is 23.2 Å². The van der Waals surface area contributed by atoms with Gasteiger partial charge in [0, 0.05) is 50.7 Å². The number of fused-ring (bicyclic) bond motifs is 7. The molecule has 0 N–H and O–H groups in total. The Hall–Kier alpha value is -5.12. The largest absolute Gasteiger partial charge is 0.468 e. The van der Waals surface area contributed by atoms with Crippen LogP contribution in [0.3, 0.4) is 0 Å². The highest BCUT2D eigenvalue weighted by atomic mass is 35.5. The number of carbonyl (C=O) groups is 2. The molecular formula is C43H30Cl2O5. The Morgan fingerprint density at radius 2 is 1.14 bits per heavy atom. The molecular weight excluding hydrogens is 667 g/mol. The third-order valence-corrected chi connectivity index (χ3v) is 10.7. The Morgan fingerprint density at radius 1 is 0.640 bits per heavy atom. The Kier molecular flexibility index (Phi) is 7.73. The van der Waals surface area contributed by atoms with Crippen LogP contribution in [0.25, 0.3) is 11.1 Å². The summed E-state index contributed by atoms with van der Waals surface area (Å²) in [5.41, 5.74) is 4.70. The second-order valence-electron chi connectivity index (χ2n) is 12.8. The lowest BCUT2D eigenvalue weighted by atomic mass is 9.69. The molecule has 5 aromatic carbocycles. The standard InChI is InChI=1S/C43H30Cl2O5/c1-48-39(46)41(40(47)49-2)25-34-33(22-15-27-13-18-31(44)19-14-27)36(28-16-20-32(45)21-17-28)38-37(35(34)26-41)42(29-9-5-3-6-10-29)23-24-43(38,50-42)30-11-7-4-8-12-30/h3-14,16-21,23-24H,25-26H2,1-2H3. The van der Waals surface area contributed by atoms with Gasteiger partial charge in [-0.3, -0.25) is 9.59 Å². The molecule has 2 atom stereocenters. The highest BCUT2D eigenvalue weighted by Crippen LogP contribution is 2.65. The van der Waals surface area contributed by atoms with E-state index in [2.05, 4.69) is 36.1 Å². The van der Waals surface area contributed by atoms with Crippen molar-refractivity contribution in [2.75, 3.05) is 14.2 Å². The molecule has 0 saturated carbocycles. The van der Waals surface area contributed by atoms with E-state index in [1.165, 1.54) is 14.2 Å². The zero-order valence-electron chi connectivity index (χ0n) is 27.3. The molecule has 0 fully saturated rings. The van der Waals surface area contributed by atoms with Gasteiger partial charge in [-0.2, -0.15) is 0 Å². The minimum Gasteiger partial charge on any atom is -0.468 e. The smallest absolute Gasteiger partial charge is 0.323 e. The molecule has 7 heteroatoms. The lowest BCUT2D eigenvalue weighted by Crippen LogP contribution is -2.42. The molecule has 0 saturated heterocycles. The molecule has 8 rings (SSSR count). The van der Waals surface area contributed by atoms with Crippen LogP contribution in [0.2, 0.25) is 10.0 Å². The minimum absolute atomic E-state index is 0.0348. The van der Waals surface area contributed by atoms with E-state index < -0.39 is 28.6 Å². The van der Waals surface area contributed by atoms with E-state index in [4.69, 9.17) is 37.4 Å². The molecule has 1 aliphatic carbocycles. The minimum atomic E-state index is -1.63. The summed E-state index contributed by atoms with van der Waals surface area (Å²) >= 11 is 12.7. The molecule has 5 aromatic rings. The van der Waals surface area contributed by atoms with Gasteiger partial charge in [0.2, 0.25) is 0 Å². The lowest BCUT2D eigenvalue weighted by Gasteiger charge is -2.30. The summed E-state index contributed by atoms with van der Waals surface area (Å²) < 4.78 is 18.1. The zero-order valence-corrected chi connectivity index (χ0v) is 28.8. The molecule has 246 valence electrons. The third kappa shape index (κ3) is 4.67. The normalized spacial score (nSPS) is 20.4. The number of ether oxygens (including phenoxy) is 3. The van der Waals surface area contributed by atoms with E-state index in [1.807, 2.05) is 84.9 Å². The van der Waals surface area contributed by atoms with Crippen LogP contribution in [0, 0.1) is 17.3 Å². The van der Waals surface area contributed by atoms with Crippen molar-refractivity contribution in [2.24, 2.45) is 5.41 Å². The predicted octanol–water partition coefficient (Wildman–Crippen LogP) is 8.58. The number of carbonyl (C=O) groups excluding carboxylic acids is 2. The van der Waals surface area contributed by atoms with Crippen molar-refractivity contribution in [2.45, 2.75) is 24.0 Å². The van der Waals surface area contributed by atoms with Gasteiger partial charge in [-0.1, -0.05) is 108 Å². The Bertz CT molecular complexity index is 2250. The Morgan fingerprint density at radius 3 is 1.68 bits per heavy atom.